The van der Waals surface area contributed by atoms with Gasteiger partial charge in [-0.15, -0.1) is 11.3 Å². The molecule has 0 fully saturated rings. The van der Waals surface area contributed by atoms with Crippen LogP contribution in [-0.4, -0.2) is 27.0 Å². The number of aromatic nitrogens is 3. The SMILES string of the molecule is Cc1nc2ccccc2n1CCCNC(=O)c1csc(CN)n1. The lowest BCUT2D eigenvalue weighted by molar-refractivity contribution is 0.0948. The lowest BCUT2D eigenvalue weighted by Gasteiger charge is -2.07. The number of fused-ring (bicyclic) bond motifs is 1. The van der Waals surface area contributed by atoms with Crippen molar-refractivity contribution in [1.29, 1.82) is 0 Å². The highest BCUT2D eigenvalue weighted by atomic mass is 32.1. The molecule has 1 aromatic carbocycles. The molecule has 2 heterocycles. The van der Waals surface area contributed by atoms with Crippen LogP contribution in [0.3, 0.4) is 0 Å². The number of amides is 1. The Balaban J connectivity index is 1.55. The molecule has 3 N–H and O–H groups in total. The Kier molecular flexibility index (Phi) is 4.68. The molecule has 0 aliphatic carbocycles. The van der Waals surface area contributed by atoms with Crippen LogP contribution in [0, 0.1) is 6.92 Å². The van der Waals surface area contributed by atoms with Gasteiger partial charge in [0.25, 0.3) is 5.91 Å². The van der Waals surface area contributed by atoms with Crippen LogP contribution in [0.5, 0.6) is 0 Å². The fraction of sp³-hybridized carbons (Fsp3) is 0.312. The quantitative estimate of drug-likeness (QED) is 0.678. The van der Waals surface area contributed by atoms with Crippen molar-refractivity contribution in [2.45, 2.75) is 26.4 Å². The van der Waals surface area contributed by atoms with Gasteiger partial charge in [-0.3, -0.25) is 4.79 Å². The summed E-state index contributed by atoms with van der Waals surface area (Å²) in [6.45, 7) is 3.78. The lowest BCUT2D eigenvalue weighted by atomic mass is 10.3. The average Bonchev–Trinajstić information content (AvgIpc) is 3.15. The fourth-order valence-corrected chi connectivity index (χ4v) is 3.17. The van der Waals surface area contributed by atoms with Gasteiger partial charge >= 0.3 is 0 Å². The molecule has 0 radical (unpaired) electrons. The van der Waals surface area contributed by atoms with Crippen LogP contribution in [0.2, 0.25) is 0 Å². The summed E-state index contributed by atoms with van der Waals surface area (Å²) in [4.78, 5) is 20.7. The van der Waals surface area contributed by atoms with E-state index >= 15 is 0 Å². The molecule has 2 aromatic heterocycles. The van der Waals surface area contributed by atoms with Crippen molar-refractivity contribution >= 4 is 28.3 Å². The van der Waals surface area contributed by atoms with E-state index in [1.165, 1.54) is 11.3 Å². The van der Waals surface area contributed by atoms with E-state index in [0.717, 1.165) is 34.8 Å². The van der Waals surface area contributed by atoms with Crippen LogP contribution >= 0.6 is 11.3 Å². The van der Waals surface area contributed by atoms with Crippen LogP contribution < -0.4 is 11.1 Å². The molecule has 6 nitrogen and oxygen atoms in total. The monoisotopic (exact) mass is 329 g/mol. The highest BCUT2D eigenvalue weighted by Crippen LogP contribution is 2.15. The molecule has 0 aliphatic rings. The van der Waals surface area contributed by atoms with Crippen molar-refractivity contribution in [3.8, 4) is 0 Å². The van der Waals surface area contributed by atoms with E-state index in [2.05, 4.69) is 25.9 Å². The maximum absolute atomic E-state index is 12.0. The number of hydrogen-bond acceptors (Lipinski definition) is 5. The standard InChI is InChI=1S/C16H19N5OS/c1-11-19-12-5-2-3-6-14(12)21(11)8-4-7-18-16(22)13-10-23-15(9-17)20-13/h2-3,5-6,10H,4,7-9,17H2,1H3,(H,18,22). The minimum atomic E-state index is -0.145. The first kappa shape index (κ1) is 15.6. The van der Waals surface area contributed by atoms with Gasteiger partial charge in [-0.25, -0.2) is 9.97 Å². The Morgan fingerprint density at radius 1 is 1.35 bits per heavy atom. The van der Waals surface area contributed by atoms with Crippen LogP contribution in [0.25, 0.3) is 11.0 Å². The molecule has 0 atom stereocenters. The number of para-hydroxylation sites is 2. The number of carbonyl (C=O) groups excluding carboxylic acids is 1. The third kappa shape index (κ3) is 3.40. The van der Waals surface area contributed by atoms with Crippen LogP contribution in [-0.2, 0) is 13.1 Å². The Hall–Kier alpha value is -2.25. The third-order valence-electron chi connectivity index (χ3n) is 3.65. The van der Waals surface area contributed by atoms with E-state index < -0.39 is 0 Å². The van der Waals surface area contributed by atoms with E-state index in [-0.39, 0.29) is 5.91 Å². The summed E-state index contributed by atoms with van der Waals surface area (Å²) >= 11 is 1.41. The van der Waals surface area contributed by atoms with Gasteiger partial charge in [-0.1, -0.05) is 12.1 Å². The molecule has 23 heavy (non-hydrogen) atoms. The number of nitrogens with zero attached hydrogens (tertiary/aromatic N) is 3. The van der Waals surface area contributed by atoms with Gasteiger partial charge < -0.3 is 15.6 Å². The summed E-state index contributed by atoms with van der Waals surface area (Å²) in [6, 6.07) is 8.08. The van der Waals surface area contributed by atoms with E-state index in [9.17, 15) is 4.79 Å². The smallest absolute Gasteiger partial charge is 0.270 e. The second-order valence-electron chi connectivity index (χ2n) is 5.24. The normalized spacial score (nSPS) is 11.0. The van der Waals surface area contributed by atoms with Gasteiger partial charge in [0.2, 0.25) is 0 Å². The fourth-order valence-electron chi connectivity index (χ4n) is 2.52. The summed E-state index contributed by atoms with van der Waals surface area (Å²) in [7, 11) is 0. The number of hydrogen-bond donors (Lipinski definition) is 2. The number of nitrogens with two attached hydrogens (primary N) is 1. The Labute approximate surface area is 138 Å². The van der Waals surface area contributed by atoms with Gasteiger partial charge in [0.05, 0.1) is 11.0 Å². The van der Waals surface area contributed by atoms with Crippen LogP contribution in [0.4, 0.5) is 0 Å². The minimum Gasteiger partial charge on any atom is -0.351 e. The van der Waals surface area contributed by atoms with Gasteiger partial charge in [0, 0.05) is 25.0 Å². The van der Waals surface area contributed by atoms with Crippen molar-refractivity contribution in [2.75, 3.05) is 6.54 Å². The number of benzene rings is 1. The molecule has 0 spiro atoms. The van der Waals surface area contributed by atoms with E-state index in [1.807, 2.05) is 25.1 Å². The van der Waals surface area contributed by atoms with Crippen molar-refractivity contribution < 1.29 is 4.79 Å². The molecule has 0 unspecified atom stereocenters. The molecular formula is C16H19N5OS. The van der Waals surface area contributed by atoms with Crippen molar-refractivity contribution in [2.24, 2.45) is 5.73 Å². The van der Waals surface area contributed by atoms with Crippen molar-refractivity contribution in [3.05, 3.63) is 46.2 Å². The molecular weight excluding hydrogens is 310 g/mol. The maximum atomic E-state index is 12.0. The first-order chi connectivity index (χ1) is 11.2. The zero-order chi connectivity index (χ0) is 16.2. The van der Waals surface area contributed by atoms with Gasteiger partial charge in [0.1, 0.15) is 16.5 Å². The molecule has 7 heteroatoms. The van der Waals surface area contributed by atoms with E-state index in [4.69, 9.17) is 5.73 Å². The van der Waals surface area contributed by atoms with Crippen LogP contribution in [0.15, 0.2) is 29.6 Å². The zero-order valence-electron chi connectivity index (χ0n) is 13.0. The highest BCUT2D eigenvalue weighted by Gasteiger charge is 2.10. The molecule has 120 valence electrons. The topological polar surface area (TPSA) is 85.8 Å². The Morgan fingerprint density at radius 3 is 2.96 bits per heavy atom. The van der Waals surface area contributed by atoms with Crippen molar-refractivity contribution in [3.63, 3.8) is 0 Å². The summed E-state index contributed by atoms with van der Waals surface area (Å²) < 4.78 is 2.18. The Bertz CT molecular complexity index is 823. The maximum Gasteiger partial charge on any atom is 0.270 e. The number of thiazole rings is 1. The number of rotatable bonds is 6. The number of imidazole rings is 1. The number of aryl methyl sites for hydroxylation is 2. The average molecular weight is 329 g/mol. The molecule has 0 bridgehead atoms. The first-order valence-electron chi connectivity index (χ1n) is 7.53. The second kappa shape index (κ2) is 6.89. The molecule has 0 aliphatic heterocycles. The van der Waals surface area contributed by atoms with Gasteiger partial charge in [-0.2, -0.15) is 0 Å². The predicted molar refractivity (Wildman–Crippen MR) is 91.4 cm³/mol. The summed E-state index contributed by atoms with van der Waals surface area (Å²) in [6.07, 6.45) is 0.834. The first-order valence-corrected chi connectivity index (χ1v) is 8.41. The van der Waals surface area contributed by atoms with E-state index in [1.54, 1.807) is 5.38 Å². The van der Waals surface area contributed by atoms with Crippen molar-refractivity contribution in [1.82, 2.24) is 19.9 Å². The minimum absolute atomic E-state index is 0.145. The zero-order valence-corrected chi connectivity index (χ0v) is 13.8. The Morgan fingerprint density at radius 2 is 2.17 bits per heavy atom. The van der Waals surface area contributed by atoms with Crippen LogP contribution in [0.1, 0.15) is 27.7 Å². The largest absolute Gasteiger partial charge is 0.351 e. The molecule has 1 amide bonds. The third-order valence-corrected chi connectivity index (χ3v) is 4.52. The molecule has 0 saturated heterocycles. The summed E-state index contributed by atoms with van der Waals surface area (Å²) in [5.74, 6) is 0.845. The summed E-state index contributed by atoms with van der Waals surface area (Å²) in [5.41, 5.74) is 8.08. The lowest BCUT2D eigenvalue weighted by Crippen LogP contribution is -2.25. The molecule has 3 rings (SSSR count). The highest BCUT2D eigenvalue weighted by molar-refractivity contribution is 7.09. The molecule has 0 saturated carbocycles. The van der Waals surface area contributed by atoms with Gasteiger partial charge in [-0.05, 0) is 25.5 Å². The summed E-state index contributed by atoms with van der Waals surface area (Å²) in [5, 5.41) is 5.41. The number of nitrogens with one attached hydrogen (secondary N) is 1. The number of carbonyl (C=O) groups is 1. The van der Waals surface area contributed by atoms with Gasteiger partial charge in [0.15, 0.2) is 0 Å². The second-order valence-corrected chi connectivity index (χ2v) is 6.18. The van der Waals surface area contributed by atoms with E-state index in [0.29, 0.717) is 18.8 Å². The molecule has 3 aromatic rings. The predicted octanol–water partition coefficient (Wildman–Crippen LogP) is 2.08.